The minimum Gasteiger partial charge on any atom is -0.399 e. The SMILES string of the molecule is Nc1ccccc1CCC(=O)NCCCOC1CCOCC1. The average Bonchev–Trinajstić information content (AvgIpc) is 2.55. The van der Waals surface area contributed by atoms with E-state index in [0.717, 1.165) is 43.7 Å². The van der Waals surface area contributed by atoms with Gasteiger partial charge < -0.3 is 20.5 Å². The summed E-state index contributed by atoms with van der Waals surface area (Å²) in [6.45, 7) is 2.94. The molecule has 22 heavy (non-hydrogen) atoms. The van der Waals surface area contributed by atoms with Crippen LogP contribution in [-0.2, 0) is 20.7 Å². The van der Waals surface area contributed by atoms with Crippen molar-refractivity contribution in [2.75, 3.05) is 32.1 Å². The van der Waals surface area contributed by atoms with Crippen LogP contribution in [0, 0.1) is 0 Å². The highest BCUT2D eigenvalue weighted by Gasteiger charge is 2.13. The second kappa shape index (κ2) is 9.43. The van der Waals surface area contributed by atoms with Gasteiger partial charge in [0, 0.05) is 38.5 Å². The molecule has 1 aromatic carbocycles. The number of nitrogen functional groups attached to an aromatic ring is 1. The van der Waals surface area contributed by atoms with Crippen LogP contribution in [0.5, 0.6) is 0 Å². The number of benzene rings is 1. The molecule has 0 aliphatic carbocycles. The Kier molecular flexibility index (Phi) is 7.19. The number of nitrogens with two attached hydrogens (primary N) is 1. The van der Waals surface area contributed by atoms with Crippen molar-refractivity contribution in [3.8, 4) is 0 Å². The van der Waals surface area contributed by atoms with Gasteiger partial charge in [-0.2, -0.15) is 0 Å². The zero-order chi connectivity index (χ0) is 15.6. The lowest BCUT2D eigenvalue weighted by Gasteiger charge is -2.22. The van der Waals surface area contributed by atoms with Crippen LogP contribution in [0.4, 0.5) is 5.69 Å². The number of anilines is 1. The largest absolute Gasteiger partial charge is 0.399 e. The Morgan fingerprint density at radius 1 is 1.32 bits per heavy atom. The third kappa shape index (κ3) is 6.03. The van der Waals surface area contributed by atoms with E-state index >= 15 is 0 Å². The van der Waals surface area contributed by atoms with E-state index in [9.17, 15) is 4.79 Å². The van der Waals surface area contributed by atoms with E-state index in [2.05, 4.69) is 5.32 Å². The summed E-state index contributed by atoms with van der Waals surface area (Å²) in [5.41, 5.74) is 7.64. The van der Waals surface area contributed by atoms with Gasteiger partial charge in [0.05, 0.1) is 6.10 Å². The minimum absolute atomic E-state index is 0.0642. The van der Waals surface area contributed by atoms with Gasteiger partial charge in [0.2, 0.25) is 5.91 Å². The van der Waals surface area contributed by atoms with E-state index in [-0.39, 0.29) is 5.91 Å². The molecule has 0 unspecified atom stereocenters. The highest BCUT2D eigenvalue weighted by molar-refractivity contribution is 5.76. The Balaban J connectivity index is 1.51. The van der Waals surface area contributed by atoms with E-state index in [1.165, 1.54) is 0 Å². The van der Waals surface area contributed by atoms with Crippen LogP contribution in [0.25, 0.3) is 0 Å². The molecule has 0 atom stereocenters. The predicted molar refractivity (Wildman–Crippen MR) is 86.6 cm³/mol. The Morgan fingerprint density at radius 2 is 2.09 bits per heavy atom. The van der Waals surface area contributed by atoms with Crippen molar-refractivity contribution in [2.24, 2.45) is 0 Å². The summed E-state index contributed by atoms with van der Waals surface area (Å²) in [4.78, 5) is 11.8. The summed E-state index contributed by atoms with van der Waals surface area (Å²) < 4.78 is 11.0. The number of carbonyl (C=O) groups excluding carboxylic acids is 1. The third-order valence-electron chi connectivity index (χ3n) is 3.84. The number of para-hydroxylation sites is 1. The van der Waals surface area contributed by atoms with Gasteiger partial charge in [0.15, 0.2) is 0 Å². The second-order valence-corrected chi connectivity index (χ2v) is 5.58. The van der Waals surface area contributed by atoms with Gasteiger partial charge in [-0.15, -0.1) is 0 Å². The average molecular weight is 306 g/mol. The van der Waals surface area contributed by atoms with Crippen LogP contribution in [0.1, 0.15) is 31.2 Å². The molecule has 2 rings (SSSR count). The lowest BCUT2D eigenvalue weighted by Crippen LogP contribution is -2.27. The lowest BCUT2D eigenvalue weighted by molar-refractivity contribution is -0.121. The molecular weight excluding hydrogens is 280 g/mol. The quantitative estimate of drug-likeness (QED) is 0.568. The first-order valence-corrected chi connectivity index (χ1v) is 8.05. The van der Waals surface area contributed by atoms with Gasteiger partial charge >= 0.3 is 0 Å². The Bertz CT molecular complexity index is 459. The molecule has 0 bridgehead atoms. The standard InChI is InChI=1S/C17H26N2O3/c18-16-5-2-1-4-14(16)6-7-17(20)19-10-3-11-22-15-8-12-21-13-9-15/h1-2,4-5,15H,3,6-13,18H2,(H,19,20). The summed E-state index contributed by atoms with van der Waals surface area (Å²) in [5.74, 6) is 0.0642. The molecule has 1 aliphatic heterocycles. The maximum Gasteiger partial charge on any atom is 0.220 e. The van der Waals surface area contributed by atoms with E-state index in [4.69, 9.17) is 15.2 Å². The number of nitrogens with one attached hydrogen (secondary N) is 1. The molecule has 122 valence electrons. The van der Waals surface area contributed by atoms with E-state index in [1.54, 1.807) is 0 Å². The molecule has 0 aromatic heterocycles. The maximum atomic E-state index is 11.8. The van der Waals surface area contributed by atoms with Gasteiger partial charge in [0.25, 0.3) is 0 Å². The molecule has 0 saturated carbocycles. The fourth-order valence-electron chi connectivity index (χ4n) is 2.49. The maximum absolute atomic E-state index is 11.8. The Hall–Kier alpha value is -1.59. The van der Waals surface area contributed by atoms with Gasteiger partial charge in [-0.05, 0) is 37.3 Å². The summed E-state index contributed by atoms with van der Waals surface area (Å²) in [5, 5.41) is 2.93. The van der Waals surface area contributed by atoms with Crippen LogP contribution in [0.15, 0.2) is 24.3 Å². The minimum atomic E-state index is 0.0642. The number of ether oxygens (including phenoxy) is 2. The van der Waals surface area contributed by atoms with Crippen molar-refractivity contribution in [1.82, 2.24) is 5.32 Å². The van der Waals surface area contributed by atoms with E-state index < -0.39 is 0 Å². The van der Waals surface area contributed by atoms with Crippen molar-refractivity contribution < 1.29 is 14.3 Å². The Morgan fingerprint density at radius 3 is 2.86 bits per heavy atom. The first-order valence-electron chi connectivity index (χ1n) is 8.05. The molecule has 1 saturated heterocycles. The van der Waals surface area contributed by atoms with Crippen molar-refractivity contribution >= 4 is 11.6 Å². The first kappa shape index (κ1) is 16.8. The lowest BCUT2D eigenvalue weighted by atomic mass is 10.1. The molecule has 0 radical (unpaired) electrons. The molecule has 5 heteroatoms. The molecule has 3 N–H and O–H groups in total. The fourth-order valence-corrected chi connectivity index (χ4v) is 2.49. The smallest absolute Gasteiger partial charge is 0.220 e. The normalized spacial score (nSPS) is 15.6. The van der Waals surface area contributed by atoms with Gasteiger partial charge in [0.1, 0.15) is 0 Å². The molecule has 5 nitrogen and oxygen atoms in total. The van der Waals surface area contributed by atoms with Crippen molar-refractivity contribution in [3.63, 3.8) is 0 Å². The number of amides is 1. The topological polar surface area (TPSA) is 73.6 Å². The fraction of sp³-hybridized carbons (Fsp3) is 0.588. The van der Waals surface area contributed by atoms with Gasteiger partial charge in [-0.3, -0.25) is 4.79 Å². The molecule has 1 fully saturated rings. The summed E-state index contributed by atoms with van der Waals surface area (Å²) in [6, 6.07) is 7.67. The molecule has 1 aromatic rings. The zero-order valence-corrected chi connectivity index (χ0v) is 13.1. The predicted octanol–water partition coefficient (Wildman–Crippen LogP) is 1.90. The Labute approximate surface area is 132 Å². The second-order valence-electron chi connectivity index (χ2n) is 5.58. The summed E-state index contributed by atoms with van der Waals surface area (Å²) in [6.07, 6.45) is 4.27. The molecule has 1 heterocycles. The molecule has 0 spiro atoms. The number of hydrogen-bond donors (Lipinski definition) is 2. The summed E-state index contributed by atoms with van der Waals surface area (Å²) in [7, 11) is 0. The van der Waals surface area contributed by atoms with E-state index in [0.29, 0.717) is 32.1 Å². The monoisotopic (exact) mass is 306 g/mol. The number of rotatable bonds is 8. The highest BCUT2D eigenvalue weighted by Crippen LogP contribution is 2.12. The number of carbonyl (C=O) groups is 1. The van der Waals surface area contributed by atoms with Crippen molar-refractivity contribution in [2.45, 2.75) is 38.2 Å². The third-order valence-corrected chi connectivity index (χ3v) is 3.84. The number of aryl methyl sites for hydroxylation is 1. The first-order chi connectivity index (χ1) is 10.8. The van der Waals surface area contributed by atoms with Crippen molar-refractivity contribution in [1.29, 1.82) is 0 Å². The van der Waals surface area contributed by atoms with E-state index in [1.807, 2.05) is 24.3 Å². The molecule has 1 amide bonds. The van der Waals surface area contributed by atoms with Crippen LogP contribution < -0.4 is 11.1 Å². The number of hydrogen-bond acceptors (Lipinski definition) is 4. The van der Waals surface area contributed by atoms with Crippen LogP contribution in [0.3, 0.4) is 0 Å². The molecule has 1 aliphatic rings. The highest BCUT2D eigenvalue weighted by atomic mass is 16.5. The van der Waals surface area contributed by atoms with Gasteiger partial charge in [-0.1, -0.05) is 18.2 Å². The van der Waals surface area contributed by atoms with Crippen LogP contribution in [-0.4, -0.2) is 38.4 Å². The zero-order valence-electron chi connectivity index (χ0n) is 13.1. The van der Waals surface area contributed by atoms with Gasteiger partial charge in [-0.25, -0.2) is 0 Å². The van der Waals surface area contributed by atoms with Crippen LogP contribution >= 0.6 is 0 Å². The van der Waals surface area contributed by atoms with Crippen LogP contribution in [0.2, 0.25) is 0 Å². The molecular formula is C17H26N2O3. The van der Waals surface area contributed by atoms with Crippen molar-refractivity contribution in [3.05, 3.63) is 29.8 Å². The summed E-state index contributed by atoms with van der Waals surface area (Å²) >= 11 is 0.